The Hall–Kier alpha value is -1.12. The van der Waals surface area contributed by atoms with Crippen LogP contribution in [0.4, 0.5) is 0 Å². The number of benzene rings is 1. The Bertz CT molecular complexity index is 655. The molecule has 0 unspecified atom stereocenters. The summed E-state index contributed by atoms with van der Waals surface area (Å²) in [6.45, 7) is 6.19. The fourth-order valence-corrected chi connectivity index (χ4v) is 3.90. The lowest BCUT2D eigenvalue weighted by molar-refractivity contribution is 0.0514. The van der Waals surface area contributed by atoms with Gasteiger partial charge in [-0.2, -0.15) is 0 Å². The van der Waals surface area contributed by atoms with Crippen LogP contribution in [0.15, 0.2) is 52.8 Å². The summed E-state index contributed by atoms with van der Waals surface area (Å²) in [5.41, 5.74) is 1.50. The number of aliphatic imine (C=N–C) groups is 1. The molecule has 2 heterocycles. The van der Waals surface area contributed by atoms with E-state index in [4.69, 9.17) is 9.73 Å². The van der Waals surface area contributed by atoms with Crippen LogP contribution in [0.1, 0.15) is 30.2 Å². The predicted molar refractivity (Wildman–Crippen MR) is 121 cm³/mol. The molecule has 0 saturated carbocycles. The van der Waals surface area contributed by atoms with Gasteiger partial charge in [0.15, 0.2) is 5.96 Å². The van der Waals surface area contributed by atoms with E-state index in [1.165, 1.54) is 10.4 Å². The normalized spacial score (nSPS) is 16.6. The van der Waals surface area contributed by atoms with Crippen LogP contribution >= 0.6 is 35.3 Å². The van der Waals surface area contributed by atoms with Crippen LogP contribution in [0.25, 0.3) is 0 Å². The Balaban J connectivity index is 0.00000243. The molecule has 1 aromatic carbocycles. The molecule has 1 aliphatic heterocycles. The van der Waals surface area contributed by atoms with Gasteiger partial charge < -0.3 is 15.4 Å². The molecule has 3 rings (SSSR count). The number of guanidine groups is 1. The van der Waals surface area contributed by atoms with E-state index >= 15 is 0 Å². The lowest BCUT2D eigenvalue weighted by atomic mass is 9.74. The van der Waals surface area contributed by atoms with E-state index in [0.29, 0.717) is 6.54 Å². The van der Waals surface area contributed by atoms with Crippen LogP contribution < -0.4 is 10.6 Å². The second-order valence-corrected chi connectivity index (χ2v) is 7.42. The van der Waals surface area contributed by atoms with Crippen molar-refractivity contribution in [3.63, 3.8) is 0 Å². The molecule has 0 aliphatic carbocycles. The first kappa shape index (κ1) is 21.2. The van der Waals surface area contributed by atoms with E-state index in [2.05, 4.69) is 65.4 Å². The average Bonchev–Trinajstić information content (AvgIpc) is 3.19. The number of thiophene rings is 1. The van der Waals surface area contributed by atoms with Gasteiger partial charge in [0.25, 0.3) is 0 Å². The summed E-state index contributed by atoms with van der Waals surface area (Å²) >= 11 is 1.75. The number of ether oxygens (including phenoxy) is 1. The van der Waals surface area contributed by atoms with Crippen LogP contribution in [0.2, 0.25) is 0 Å². The molecule has 0 radical (unpaired) electrons. The number of hydrogen-bond donors (Lipinski definition) is 2. The van der Waals surface area contributed by atoms with E-state index in [-0.39, 0.29) is 29.4 Å². The quantitative estimate of drug-likeness (QED) is 0.367. The second-order valence-electron chi connectivity index (χ2n) is 6.39. The van der Waals surface area contributed by atoms with Gasteiger partial charge in [0.05, 0.1) is 6.54 Å². The third kappa shape index (κ3) is 5.69. The average molecular weight is 485 g/mol. The van der Waals surface area contributed by atoms with Gasteiger partial charge in [-0.25, -0.2) is 4.99 Å². The molecular weight excluding hydrogens is 457 g/mol. The lowest BCUT2D eigenvalue weighted by Gasteiger charge is -2.38. The first-order valence-corrected chi connectivity index (χ1v) is 9.88. The van der Waals surface area contributed by atoms with Crippen molar-refractivity contribution in [2.24, 2.45) is 4.99 Å². The van der Waals surface area contributed by atoms with Crippen molar-refractivity contribution in [2.45, 2.75) is 31.7 Å². The third-order valence-corrected chi connectivity index (χ3v) is 5.61. The maximum atomic E-state index is 5.62. The molecule has 1 aliphatic rings. The first-order valence-electron chi connectivity index (χ1n) is 9.00. The van der Waals surface area contributed by atoms with Crippen LogP contribution in [0.3, 0.4) is 0 Å². The van der Waals surface area contributed by atoms with Gasteiger partial charge >= 0.3 is 0 Å². The Morgan fingerprint density at radius 2 is 1.88 bits per heavy atom. The van der Waals surface area contributed by atoms with Crippen LogP contribution in [-0.4, -0.2) is 32.3 Å². The Morgan fingerprint density at radius 1 is 1.12 bits per heavy atom. The third-order valence-electron chi connectivity index (χ3n) is 4.75. The van der Waals surface area contributed by atoms with Gasteiger partial charge in [-0.15, -0.1) is 35.3 Å². The maximum Gasteiger partial charge on any atom is 0.191 e. The summed E-state index contributed by atoms with van der Waals surface area (Å²) in [4.78, 5) is 6.02. The molecular formula is C20H28IN3OS. The zero-order chi connectivity index (χ0) is 17.4. The number of hydrogen-bond acceptors (Lipinski definition) is 3. The topological polar surface area (TPSA) is 45.7 Å². The zero-order valence-electron chi connectivity index (χ0n) is 15.2. The molecule has 1 fully saturated rings. The molecule has 26 heavy (non-hydrogen) atoms. The highest BCUT2D eigenvalue weighted by Gasteiger charge is 2.34. The summed E-state index contributed by atoms with van der Waals surface area (Å²) in [5, 5.41) is 9.04. The monoisotopic (exact) mass is 485 g/mol. The highest BCUT2D eigenvalue weighted by atomic mass is 127. The van der Waals surface area contributed by atoms with Gasteiger partial charge in [0, 0.05) is 36.6 Å². The highest BCUT2D eigenvalue weighted by molar-refractivity contribution is 14.0. The van der Waals surface area contributed by atoms with Crippen LogP contribution in [0.5, 0.6) is 0 Å². The van der Waals surface area contributed by atoms with Gasteiger partial charge in [-0.3, -0.25) is 0 Å². The van der Waals surface area contributed by atoms with Crippen molar-refractivity contribution in [1.82, 2.24) is 10.6 Å². The molecule has 142 valence electrons. The van der Waals surface area contributed by atoms with Gasteiger partial charge in [-0.05, 0) is 36.8 Å². The molecule has 0 atom stereocenters. The minimum absolute atomic E-state index is 0. The van der Waals surface area contributed by atoms with E-state index in [0.717, 1.165) is 45.1 Å². The Kier molecular flexibility index (Phi) is 8.87. The number of rotatable bonds is 6. The number of nitrogens with zero attached hydrogens (tertiary/aromatic N) is 1. The fraction of sp³-hybridized carbons (Fsp3) is 0.450. The smallest absolute Gasteiger partial charge is 0.191 e. The molecule has 2 aromatic rings. The number of nitrogens with one attached hydrogen (secondary N) is 2. The van der Waals surface area contributed by atoms with Crippen molar-refractivity contribution in [1.29, 1.82) is 0 Å². The van der Waals surface area contributed by atoms with Gasteiger partial charge in [0.1, 0.15) is 0 Å². The summed E-state index contributed by atoms with van der Waals surface area (Å²) in [6.07, 6.45) is 2.07. The Morgan fingerprint density at radius 3 is 2.54 bits per heavy atom. The minimum Gasteiger partial charge on any atom is -0.381 e. The van der Waals surface area contributed by atoms with E-state index in [1.807, 2.05) is 0 Å². The Labute approximate surface area is 177 Å². The summed E-state index contributed by atoms with van der Waals surface area (Å²) in [5.74, 6) is 0.887. The van der Waals surface area contributed by atoms with Crippen LogP contribution in [0, 0.1) is 0 Å². The van der Waals surface area contributed by atoms with Crippen molar-refractivity contribution >= 4 is 41.3 Å². The molecule has 2 N–H and O–H groups in total. The van der Waals surface area contributed by atoms with Crippen molar-refractivity contribution in [3.8, 4) is 0 Å². The van der Waals surface area contributed by atoms with E-state index in [1.54, 1.807) is 11.3 Å². The van der Waals surface area contributed by atoms with Crippen LogP contribution in [-0.2, 0) is 16.7 Å². The predicted octanol–water partition coefficient (Wildman–Crippen LogP) is 4.17. The lowest BCUT2D eigenvalue weighted by Crippen LogP contribution is -2.48. The fourth-order valence-electron chi connectivity index (χ4n) is 3.28. The molecule has 4 nitrogen and oxygen atoms in total. The second kappa shape index (κ2) is 10.9. The highest BCUT2D eigenvalue weighted by Crippen LogP contribution is 2.34. The molecule has 0 amide bonds. The molecule has 1 saturated heterocycles. The SMILES string of the molecule is CCNC(=NCc1cccs1)NCC1(c2ccccc2)CCOCC1.I. The van der Waals surface area contributed by atoms with Crippen molar-refractivity contribution < 1.29 is 4.74 Å². The van der Waals surface area contributed by atoms with Gasteiger partial charge in [-0.1, -0.05) is 36.4 Å². The summed E-state index contributed by atoms with van der Waals surface area (Å²) in [7, 11) is 0. The molecule has 0 spiro atoms. The minimum atomic E-state index is 0. The van der Waals surface area contributed by atoms with E-state index in [9.17, 15) is 0 Å². The van der Waals surface area contributed by atoms with Gasteiger partial charge in [0.2, 0.25) is 0 Å². The van der Waals surface area contributed by atoms with Crippen molar-refractivity contribution in [3.05, 3.63) is 58.3 Å². The first-order chi connectivity index (χ1) is 12.3. The largest absolute Gasteiger partial charge is 0.381 e. The summed E-state index contributed by atoms with van der Waals surface area (Å²) in [6, 6.07) is 15.0. The molecule has 1 aromatic heterocycles. The van der Waals surface area contributed by atoms with E-state index < -0.39 is 0 Å². The molecule has 6 heteroatoms. The number of halogens is 1. The summed E-state index contributed by atoms with van der Waals surface area (Å²) < 4.78 is 5.62. The molecule has 0 bridgehead atoms. The maximum absolute atomic E-state index is 5.62. The zero-order valence-corrected chi connectivity index (χ0v) is 18.4. The standard InChI is InChI=1S/C20H27N3OS.HI/c1-2-21-19(22-15-18-9-6-14-25-18)23-16-20(10-12-24-13-11-20)17-7-4-3-5-8-17;/h3-9,14H,2,10-13,15-16H2,1H3,(H2,21,22,23);1H. The van der Waals surface area contributed by atoms with Crippen molar-refractivity contribution in [2.75, 3.05) is 26.3 Å².